The van der Waals surface area contributed by atoms with E-state index in [-0.39, 0.29) is 0 Å². The lowest BCUT2D eigenvalue weighted by molar-refractivity contribution is 1.18. The number of aromatic nitrogens is 1. The van der Waals surface area contributed by atoms with Gasteiger partial charge in [-0.15, -0.1) is 0 Å². The van der Waals surface area contributed by atoms with Crippen LogP contribution in [-0.2, 0) is 0 Å². The van der Waals surface area contributed by atoms with Crippen LogP contribution in [0.15, 0.2) is 152 Å². The van der Waals surface area contributed by atoms with Gasteiger partial charge in [-0.25, -0.2) is 4.85 Å². The molecule has 0 amide bonds. The van der Waals surface area contributed by atoms with Gasteiger partial charge < -0.3 is 4.57 Å². The Morgan fingerprint density at radius 3 is 1.63 bits per heavy atom. The summed E-state index contributed by atoms with van der Waals surface area (Å²) in [4.78, 5) is 3.75. The summed E-state index contributed by atoms with van der Waals surface area (Å²) in [6.07, 6.45) is 0. The number of nitrogens with zero attached hydrogens (tertiary/aromatic N) is 5. The fourth-order valence-electron chi connectivity index (χ4n) is 7.09. The summed E-state index contributed by atoms with van der Waals surface area (Å²) in [5.74, 6) is 0. The number of benzene rings is 7. The molecule has 0 radical (unpaired) electrons. The molecule has 0 spiro atoms. The third-order valence-electron chi connectivity index (χ3n) is 9.32. The van der Waals surface area contributed by atoms with Crippen molar-refractivity contribution < 1.29 is 0 Å². The van der Waals surface area contributed by atoms with Gasteiger partial charge in [-0.2, -0.15) is 15.8 Å². The van der Waals surface area contributed by atoms with Crippen molar-refractivity contribution in [3.8, 4) is 68.4 Å². The maximum Gasteiger partial charge on any atom is 0.196 e. The van der Waals surface area contributed by atoms with Gasteiger partial charge in [0.1, 0.15) is 0 Å². The number of nitriles is 3. The molecule has 1 heterocycles. The normalized spacial score (nSPS) is 10.7. The van der Waals surface area contributed by atoms with Gasteiger partial charge in [-0.1, -0.05) is 103 Å². The Morgan fingerprint density at radius 1 is 0.471 bits per heavy atom. The largest absolute Gasteiger partial charge is 0.309 e. The maximum atomic E-state index is 10.3. The van der Waals surface area contributed by atoms with E-state index in [1.165, 1.54) is 0 Å². The number of hydrogen-bond acceptors (Lipinski definition) is 3. The lowest BCUT2D eigenvalue weighted by Gasteiger charge is -2.16. The zero-order valence-corrected chi connectivity index (χ0v) is 27.2. The van der Waals surface area contributed by atoms with E-state index in [0.717, 1.165) is 60.9 Å². The van der Waals surface area contributed by atoms with Gasteiger partial charge in [0, 0.05) is 38.7 Å². The molecule has 7 aromatic carbocycles. The molecule has 234 valence electrons. The molecule has 8 aromatic rings. The van der Waals surface area contributed by atoms with Gasteiger partial charge in [0.2, 0.25) is 0 Å². The molecule has 8 rings (SSSR count). The Balaban J connectivity index is 1.53. The monoisotopic (exact) mass is 647 g/mol. The van der Waals surface area contributed by atoms with Crippen LogP contribution in [0.25, 0.3) is 76.8 Å². The Morgan fingerprint density at radius 2 is 1.04 bits per heavy atom. The minimum absolute atomic E-state index is 0.405. The highest BCUT2D eigenvalue weighted by atomic mass is 15.0. The molecule has 0 saturated heterocycles. The zero-order chi connectivity index (χ0) is 34.9. The van der Waals surface area contributed by atoms with Crippen LogP contribution < -0.4 is 0 Å². The summed E-state index contributed by atoms with van der Waals surface area (Å²) in [6.45, 7) is 7.86. The van der Waals surface area contributed by atoms with E-state index >= 15 is 0 Å². The number of hydrogen-bond donors (Lipinski definition) is 0. The maximum absolute atomic E-state index is 10.3. The van der Waals surface area contributed by atoms with Crippen molar-refractivity contribution in [2.45, 2.75) is 0 Å². The Labute approximate surface area is 295 Å². The highest BCUT2D eigenvalue weighted by Crippen LogP contribution is 2.44. The average molecular weight is 648 g/mol. The van der Waals surface area contributed by atoms with Crippen molar-refractivity contribution >= 4 is 27.5 Å². The van der Waals surface area contributed by atoms with Crippen molar-refractivity contribution in [3.05, 3.63) is 180 Å². The quantitative estimate of drug-likeness (QED) is 0.174. The van der Waals surface area contributed by atoms with E-state index in [9.17, 15) is 15.8 Å². The first-order valence-electron chi connectivity index (χ1n) is 16.3. The van der Waals surface area contributed by atoms with E-state index in [1.54, 1.807) is 36.4 Å². The summed E-state index contributed by atoms with van der Waals surface area (Å²) < 4.78 is 2.21. The van der Waals surface area contributed by atoms with Crippen LogP contribution in [0.4, 0.5) is 5.69 Å². The van der Waals surface area contributed by atoms with Gasteiger partial charge in [0.15, 0.2) is 5.69 Å². The molecule has 5 nitrogen and oxygen atoms in total. The fraction of sp³-hybridized carbons (Fsp3) is 0. The second-order valence-electron chi connectivity index (χ2n) is 12.1. The van der Waals surface area contributed by atoms with Crippen LogP contribution in [0.1, 0.15) is 16.7 Å². The molecule has 0 N–H and O–H groups in total. The number of rotatable bonds is 5. The van der Waals surface area contributed by atoms with Crippen molar-refractivity contribution in [2.75, 3.05) is 0 Å². The molecule has 0 aliphatic rings. The molecule has 0 atom stereocenters. The minimum Gasteiger partial charge on any atom is -0.309 e. The predicted molar refractivity (Wildman–Crippen MR) is 203 cm³/mol. The van der Waals surface area contributed by atoms with Crippen molar-refractivity contribution in [1.29, 1.82) is 15.8 Å². The summed E-state index contributed by atoms with van der Waals surface area (Å²) in [5.41, 5.74) is 11.2. The number of fused-ring (bicyclic) bond motifs is 3. The molecular formula is C46H25N5. The molecular weight excluding hydrogens is 623 g/mol. The van der Waals surface area contributed by atoms with Crippen LogP contribution in [0.5, 0.6) is 0 Å². The SMILES string of the molecule is [C-]#[N+]c1cccc(C#N)c1-c1ccc2c(c1)c1cccc(-c3c(C#N)cccc3C#N)c1n2-c1cc(-c2ccccc2)cc(-c2ccccc2)c1. The van der Waals surface area contributed by atoms with Crippen molar-refractivity contribution in [1.82, 2.24) is 4.57 Å². The van der Waals surface area contributed by atoms with Crippen molar-refractivity contribution in [3.63, 3.8) is 0 Å². The molecule has 0 aliphatic heterocycles. The predicted octanol–water partition coefficient (Wildman–Crippen LogP) is 11.6. The van der Waals surface area contributed by atoms with Crippen LogP contribution in [0.3, 0.4) is 0 Å². The van der Waals surface area contributed by atoms with E-state index in [4.69, 9.17) is 6.57 Å². The van der Waals surface area contributed by atoms with E-state index in [1.807, 2.05) is 72.8 Å². The Bertz CT molecular complexity index is 2710. The third kappa shape index (κ3) is 5.17. The van der Waals surface area contributed by atoms with Crippen LogP contribution in [0.2, 0.25) is 0 Å². The minimum atomic E-state index is 0.405. The van der Waals surface area contributed by atoms with Crippen molar-refractivity contribution in [2.24, 2.45) is 0 Å². The highest BCUT2D eigenvalue weighted by Gasteiger charge is 2.22. The topological polar surface area (TPSA) is 80.7 Å². The summed E-state index contributed by atoms with van der Waals surface area (Å²) in [5, 5.41) is 32.4. The molecule has 1 aromatic heterocycles. The first kappa shape index (κ1) is 30.6. The molecule has 0 saturated carbocycles. The molecule has 0 aliphatic carbocycles. The first-order valence-corrected chi connectivity index (χ1v) is 16.3. The van der Waals surface area contributed by atoms with Gasteiger partial charge >= 0.3 is 0 Å². The highest BCUT2D eigenvalue weighted by molar-refractivity contribution is 6.15. The Hall–Kier alpha value is -7.70. The zero-order valence-electron chi connectivity index (χ0n) is 27.2. The van der Waals surface area contributed by atoms with Gasteiger partial charge in [0.05, 0.1) is 46.9 Å². The lowest BCUT2D eigenvalue weighted by atomic mass is 9.93. The van der Waals surface area contributed by atoms with Gasteiger partial charge in [0.25, 0.3) is 0 Å². The standard InChI is InChI=1S/C46H25N5/c1-50-42-20-9-17-35(29-49)45(42)32-21-22-43-41(26-32)39-18-10-19-40(44-33(27-47)15-8-16-34(44)28-48)46(39)51(43)38-24-36(30-11-4-2-5-12-30)23-37(25-38)31-13-6-3-7-14-31/h2-26H. The van der Waals surface area contributed by atoms with Gasteiger partial charge in [-0.3, -0.25) is 0 Å². The van der Waals surface area contributed by atoms with Crippen LogP contribution in [-0.4, -0.2) is 4.57 Å². The second kappa shape index (κ2) is 12.7. The Kier molecular flexibility index (Phi) is 7.64. The van der Waals surface area contributed by atoms with E-state index in [2.05, 4.69) is 70.1 Å². The summed E-state index contributed by atoms with van der Waals surface area (Å²) in [7, 11) is 0. The average Bonchev–Trinajstić information content (AvgIpc) is 3.54. The van der Waals surface area contributed by atoms with E-state index < -0.39 is 0 Å². The summed E-state index contributed by atoms with van der Waals surface area (Å²) >= 11 is 0. The molecule has 5 heteroatoms. The van der Waals surface area contributed by atoms with E-state index in [0.29, 0.717) is 33.5 Å². The molecule has 51 heavy (non-hydrogen) atoms. The summed E-state index contributed by atoms with van der Waals surface area (Å²) in [6, 6.07) is 56.4. The lowest BCUT2D eigenvalue weighted by Crippen LogP contribution is -1.99. The smallest absolute Gasteiger partial charge is 0.196 e. The molecule has 0 fully saturated rings. The fourth-order valence-corrected chi connectivity index (χ4v) is 7.09. The second-order valence-corrected chi connectivity index (χ2v) is 12.1. The molecule has 0 bridgehead atoms. The third-order valence-corrected chi connectivity index (χ3v) is 9.32. The number of para-hydroxylation sites is 1. The molecule has 0 unspecified atom stereocenters. The van der Waals surface area contributed by atoms with Gasteiger partial charge in [-0.05, 0) is 76.3 Å². The first-order chi connectivity index (χ1) is 25.1. The van der Waals surface area contributed by atoms with Crippen LogP contribution >= 0.6 is 0 Å². The van der Waals surface area contributed by atoms with Crippen LogP contribution in [0, 0.1) is 40.6 Å².